The summed E-state index contributed by atoms with van der Waals surface area (Å²) in [6, 6.07) is 6.42. The fourth-order valence-corrected chi connectivity index (χ4v) is 4.50. The molecular weight excluding hydrogens is 348 g/mol. The van der Waals surface area contributed by atoms with Crippen molar-refractivity contribution >= 4 is 28.7 Å². The predicted molar refractivity (Wildman–Crippen MR) is 96.9 cm³/mol. The van der Waals surface area contributed by atoms with Gasteiger partial charge in [0.2, 0.25) is 5.91 Å². The second kappa shape index (κ2) is 6.57. The summed E-state index contributed by atoms with van der Waals surface area (Å²) in [5.41, 5.74) is 1.69. The van der Waals surface area contributed by atoms with Crippen molar-refractivity contribution in [2.24, 2.45) is 23.7 Å². The van der Waals surface area contributed by atoms with Crippen molar-refractivity contribution < 1.29 is 24.6 Å². The quantitative estimate of drug-likeness (QED) is 0.580. The zero-order chi connectivity index (χ0) is 19.1. The minimum absolute atomic E-state index is 0.124. The SMILES string of the molecule is O=C(O)[C@@H]1[C@@H](C(=O)N[C@H](Cc2c[nH]c3ccccc23)C(=O)O)[C@H]2C=C[C@H]1C2. The predicted octanol–water partition coefficient (Wildman–Crippen LogP) is 1.80. The van der Waals surface area contributed by atoms with Gasteiger partial charge >= 0.3 is 11.9 Å². The largest absolute Gasteiger partial charge is 0.481 e. The summed E-state index contributed by atoms with van der Waals surface area (Å²) in [6.45, 7) is 0. The number of allylic oxidation sites excluding steroid dienone is 2. The van der Waals surface area contributed by atoms with Crippen LogP contribution in [-0.2, 0) is 20.8 Å². The molecule has 4 rings (SSSR count). The van der Waals surface area contributed by atoms with Gasteiger partial charge in [-0.15, -0.1) is 0 Å². The van der Waals surface area contributed by atoms with Crippen LogP contribution in [0.4, 0.5) is 0 Å². The Hall–Kier alpha value is -3.09. The lowest BCUT2D eigenvalue weighted by Crippen LogP contribution is -2.48. The van der Waals surface area contributed by atoms with Crippen LogP contribution in [0.15, 0.2) is 42.6 Å². The Morgan fingerprint density at radius 3 is 2.52 bits per heavy atom. The van der Waals surface area contributed by atoms with Gasteiger partial charge in [-0.1, -0.05) is 30.4 Å². The van der Waals surface area contributed by atoms with Gasteiger partial charge in [-0.25, -0.2) is 4.79 Å². The molecule has 140 valence electrons. The molecule has 2 aromatic rings. The third-order valence-electron chi connectivity index (χ3n) is 5.76. The van der Waals surface area contributed by atoms with Gasteiger partial charge < -0.3 is 20.5 Å². The summed E-state index contributed by atoms with van der Waals surface area (Å²) in [7, 11) is 0. The molecule has 2 aliphatic rings. The van der Waals surface area contributed by atoms with Gasteiger partial charge in [-0.2, -0.15) is 0 Å². The number of carbonyl (C=O) groups excluding carboxylic acids is 1. The summed E-state index contributed by atoms with van der Waals surface area (Å²) >= 11 is 0. The zero-order valence-electron chi connectivity index (χ0n) is 14.5. The van der Waals surface area contributed by atoms with Crippen LogP contribution in [0, 0.1) is 23.7 Å². The van der Waals surface area contributed by atoms with Crippen LogP contribution < -0.4 is 5.32 Å². The molecule has 0 radical (unpaired) electrons. The number of H-pyrrole nitrogens is 1. The molecule has 7 heteroatoms. The third kappa shape index (κ3) is 2.99. The maximum Gasteiger partial charge on any atom is 0.326 e. The Morgan fingerprint density at radius 2 is 1.81 bits per heavy atom. The number of benzene rings is 1. The highest BCUT2D eigenvalue weighted by Crippen LogP contribution is 2.48. The van der Waals surface area contributed by atoms with E-state index in [0.29, 0.717) is 6.42 Å². The molecule has 0 aliphatic heterocycles. The number of carbonyl (C=O) groups is 3. The number of carboxylic acid groups (broad SMARTS) is 2. The molecule has 27 heavy (non-hydrogen) atoms. The van der Waals surface area contributed by atoms with Crippen LogP contribution in [0.3, 0.4) is 0 Å². The Morgan fingerprint density at radius 1 is 1.11 bits per heavy atom. The van der Waals surface area contributed by atoms with Crippen LogP contribution in [0.2, 0.25) is 0 Å². The lowest BCUT2D eigenvalue weighted by Gasteiger charge is -2.25. The number of amides is 1. The van der Waals surface area contributed by atoms with E-state index in [2.05, 4.69) is 10.3 Å². The number of fused-ring (bicyclic) bond motifs is 3. The molecule has 5 atom stereocenters. The van der Waals surface area contributed by atoms with Crippen molar-refractivity contribution in [1.29, 1.82) is 0 Å². The van der Waals surface area contributed by atoms with E-state index in [4.69, 9.17) is 0 Å². The molecule has 0 spiro atoms. The average Bonchev–Trinajstić information content (AvgIpc) is 3.35. The van der Waals surface area contributed by atoms with E-state index in [1.165, 1.54) is 0 Å². The fraction of sp³-hybridized carbons (Fsp3) is 0.350. The maximum absolute atomic E-state index is 12.8. The second-order valence-corrected chi connectivity index (χ2v) is 7.30. The topological polar surface area (TPSA) is 119 Å². The van der Waals surface area contributed by atoms with Gasteiger partial charge in [0.1, 0.15) is 6.04 Å². The van der Waals surface area contributed by atoms with Gasteiger partial charge in [0.25, 0.3) is 0 Å². The molecule has 1 saturated carbocycles. The van der Waals surface area contributed by atoms with Crippen molar-refractivity contribution in [3.63, 3.8) is 0 Å². The molecular formula is C20H20N2O5. The first-order valence-electron chi connectivity index (χ1n) is 8.95. The lowest BCUT2D eigenvalue weighted by molar-refractivity contribution is -0.148. The van der Waals surface area contributed by atoms with Gasteiger partial charge in [0.15, 0.2) is 0 Å². The van der Waals surface area contributed by atoms with Crippen LogP contribution in [0.5, 0.6) is 0 Å². The highest BCUT2D eigenvalue weighted by atomic mass is 16.4. The van der Waals surface area contributed by atoms with E-state index in [-0.39, 0.29) is 18.3 Å². The van der Waals surface area contributed by atoms with Crippen molar-refractivity contribution in [3.8, 4) is 0 Å². The van der Waals surface area contributed by atoms with E-state index in [1.807, 2.05) is 36.4 Å². The fourth-order valence-electron chi connectivity index (χ4n) is 4.50. The molecule has 4 N–H and O–H groups in total. The van der Waals surface area contributed by atoms with Crippen molar-refractivity contribution in [2.45, 2.75) is 18.9 Å². The summed E-state index contributed by atoms with van der Waals surface area (Å²) < 4.78 is 0. The van der Waals surface area contributed by atoms with Crippen molar-refractivity contribution in [1.82, 2.24) is 10.3 Å². The molecule has 1 amide bonds. The highest BCUT2D eigenvalue weighted by Gasteiger charge is 2.52. The lowest BCUT2D eigenvalue weighted by atomic mass is 9.82. The smallest absolute Gasteiger partial charge is 0.326 e. The third-order valence-corrected chi connectivity index (χ3v) is 5.76. The summed E-state index contributed by atoms with van der Waals surface area (Å²) in [5.74, 6) is -4.44. The van der Waals surface area contributed by atoms with E-state index >= 15 is 0 Å². The van der Waals surface area contributed by atoms with Crippen LogP contribution in [0.1, 0.15) is 12.0 Å². The van der Waals surface area contributed by atoms with Gasteiger partial charge in [-0.05, 0) is 29.9 Å². The number of hydrogen-bond donors (Lipinski definition) is 4. The second-order valence-electron chi connectivity index (χ2n) is 7.30. The number of aromatic amines is 1. The number of hydrogen-bond acceptors (Lipinski definition) is 3. The summed E-state index contributed by atoms with van der Waals surface area (Å²) in [4.78, 5) is 39.2. The average molecular weight is 368 g/mol. The van der Waals surface area contributed by atoms with E-state index in [0.717, 1.165) is 16.5 Å². The molecule has 2 bridgehead atoms. The Kier molecular flexibility index (Phi) is 4.22. The summed E-state index contributed by atoms with van der Waals surface area (Å²) in [6.07, 6.45) is 6.24. The zero-order valence-corrected chi connectivity index (χ0v) is 14.5. The standard InChI is InChI=1S/C20H20N2O5/c23-18(16-10-5-6-11(7-10)17(16)20(26)27)22-15(19(24)25)8-12-9-21-14-4-2-1-3-13(12)14/h1-6,9-11,15-17,21H,7-8H2,(H,22,23)(H,24,25)(H,26,27)/t10-,11-,15+,16-,17-/m0/s1. The number of carboxylic acids is 2. The van der Waals surface area contributed by atoms with Crippen molar-refractivity contribution in [3.05, 3.63) is 48.2 Å². The minimum atomic E-state index is -1.14. The number of rotatable bonds is 6. The summed E-state index contributed by atoms with van der Waals surface area (Å²) in [5, 5.41) is 22.6. The molecule has 1 fully saturated rings. The molecule has 1 aromatic carbocycles. The van der Waals surface area contributed by atoms with Crippen LogP contribution in [-0.4, -0.2) is 39.1 Å². The molecule has 7 nitrogen and oxygen atoms in total. The van der Waals surface area contributed by atoms with E-state index in [1.54, 1.807) is 6.20 Å². The van der Waals surface area contributed by atoms with Gasteiger partial charge in [0, 0.05) is 23.5 Å². The van der Waals surface area contributed by atoms with Gasteiger partial charge in [-0.3, -0.25) is 9.59 Å². The van der Waals surface area contributed by atoms with E-state index < -0.39 is 35.7 Å². The first-order chi connectivity index (χ1) is 13.0. The van der Waals surface area contributed by atoms with Crippen LogP contribution in [0.25, 0.3) is 10.9 Å². The number of aromatic nitrogens is 1. The number of aliphatic carboxylic acids is 2. The number of para-hydroxylation sites is 1. The molecule has 2 aliphatic carbocycles. The Balaban J connectivity index is 1.53. The normalized spacial score (nSPS) is 27.0. The molecule has 1 heterocycles. The van der Waals surface area contributed by atoms with Crippen LogP contribution >= 0.6 is 0 Å². The van der Waals surface area contributed by atoms with Gasteiger partial charge in [0.05, 0.1) is 11.8 Å². The molecule has 0 saturated heterocycles. The first-order valence-corrected chi connectivity index (χ1v) is 8.95. The van der Waals surface area contributed by atoms with Crippen molar-refractivity contribution in [2.75, 3.05) is 0 Å². The molecule has 0 unspecified atom stereocenters. The highest BCUT2D eigenvalue weighted by molar-refractivity contribution is 5.90. The Labute approximate surface area is 155 Å². The first kappa shape index (κ1) is 17.3. The number of nitrogens with one attached hydrogen (secondary N) is 2. The molecule has 1 aromatic heterocycles. The minimum Gasteiger partial charge on any atom is -0.481 e. The Bertz CT molecular complexity index is 947. The maximum atomic E-state index is 12.8. The monoisotopic (exact) mass is 368 g/mol. The van der Waals surface area contributed by atoms with E-state index in [9.17, 15) is 24.6 Å².